The summed E-state index contributed by atoms with van der Waals surface area (Å²) in [5, 5.41) is 16.2. The minimum absolute atomic E-state index is 0.0536. The number of carboxylic acids is 1. The quantitative estimate of drug-likeness (QED) is 0.909. The number of hydrogen-bond donors (Lipinski definition) is 2. The molecular weight excluding hydrogens is 294 g/mol. The molecule has 110 valence electrons. The van der Waals surface area contributed by atoms with Crippen molar-refractivity contribution in [2.45, 2.75) is 0 Å². The molecule has 0 amide bonds. The number of benzene rings is 1. The highest BCUT2D eigenvalue weighted by atomic mass is 35.5. The van der Waals surface area contributed by atoms with Gasteiger partial charge < -0.3 is 14.7 Å². The summed E-state index contributed by atoms with van der Waals surface area (Å²) in [5.41, 5.74) is 2.41. The van der Waals surface area contributed by atoms with E-state index in [1.807, 2.05) is 12.1 Å². The van der Waals surface area contributed by atoms with E-state index in [1.54, 1.807) is 6.07 Å². The molecule has 1 fully saturated rings. The molecule has 1 saturated heterocycles. The number of rotatable bonds is 3. The van der Waals surface area contributed by atoms with Gasteiger partial charge in [0, 0.05) is 29.4 Å². The third-order valence-electron chi connectivity index (χ3n) is 3.39. The van der Waals surface area contributed by atoms with Gasteiger partial charge >= 0.3 is 5.97 Å². The van der Waals surface area contributed by atoms with E-state index in [0.29, 0.717) is 23.9 Å². The predicted molar refractivity (Wildman–Crippen MR) is 79.0 cm³/mol. The van der Waals surface area contributed by atoms with Crippen LogP contribution in [-0.2, 0) is 4.74 Å². The molecule has 6 nitrogen and oxygen atoms in total. The summed E-state index contributed by atoms with van der Waals surface area (Å²) in [5.74, 6) is -1.04. The Hall–Kier alpha value is -2.05. The first-order chi connectivity index (χ1) is 10.1. The molecule has 3 rings (SSSR count). The van der Waals surface area contributed by atoms with Crippen molar-refractivity contribution in [3.05, 3.63) is 35.0 Å². The summed E-state index contributed by atoms with van der Waals surface area (Å²) in [6, 6.07) is 7.06. The first kappa shape index (κ1) is 13.9. The molecule has 0 atom stereocenters. The zero-order valence-electron chi connectivity index (χ0n) is 11.2. The molecule has 21 heavy (non-hydrogen) atoms. The molecular formula is C14H14ClN3O3. The number of anilines is 1. The molecule has 1 aliphatic rings. The first-order valence-electron chi connectivity index (χ1n) is 6.56. The van der Waals surface area contributed by atoms with E-state index in [0.717, 1.165) is 24.3 Å². The van der Waals surface area contributed by atoms with E-state index >= 15 is 0 Å². The zero-order chi connectivity index (χ0) is 14.8. The average molecular weight is 308 g/mol. The van der Waals surface area contributed by atoms with Crippen molar-refractivity contribution in [2.75, 3.05) is 31.2 Å². The van der Waals surface area contributed by atoms with Gasteiger partial charge in [-0.3, -0.25) is 5.10 Å². The van der Waals surface area contributed by atoms with Crippen molar-refractivity contribution in [3.8, 4) is 11.3 Å². The van der Waals surface area contributed by atoms with Crippen LogP contribution in [0.15, 0.2) is 24.3 Å². The average Bonchev–Trinajstić information content (AvgIpc) is 2.98. The fourth-order valence-corrected chi connectivity index (χ4v) is 2.53. The fourth-order valence-electron chi connectivity index (χ4n) is 2.36. The maximum atomic E-state index is 11.0. The molecule has 0 saturated carbocycles. The molecule has 2 N–H and O–H groups in total. The Morgan fingerprint density at radius 2 is 2.10 bits per heavy atom. The number of carboxylic acid groups (broad SMARTS) is 1. The van der Waals surface area contributed by atoms with Crippen molar-refractivity contribution >= 4 is 23.3 Å². The Kier molecular flexibility index (Phi) is 3.81. The zero-order valence-corrected chi connectivity index (χ0v) is 11.9. The summed E-state index contributed by atoms with van der Waals surface area (Å²) in [6.45, 7) is 2.90. The van der Waals surface area contributed by atoms with Gasteiger partial charge in [-0.15, -0.1) is 0 Å². The molecule has 1 aromatic carbocycles. The largest absolute Gasteiger partial charge is 0.477 e. The van der Waals surface area contributed by atoms with Crippen LogP contribution in [0, 0.1) is 0 Å². The number of nitrogens with one attached hydrogen (secondary N) is 1. The van der Waals surface area contributed by atoms with E-state index < -0.39 is 5.97 Å². The molecule has 2 heterocycles. The van der Waals surface area contributed by atoms with Gasteiger partial charge in [0.05, 0.1) is 18.9 Å². The van der Waals surface area contributed by atoms with Crippen molar-refractivity contribution in [1.29, 1.82) is 0 Å². The topological polar surface area (TPSA) is 78.4 Å². The van der Waals surface area contributed by atoms with Crippen molar-refractivity contribution in [1.82, 2.24) is 10.2 Å². The number of ether oxygens (including phenoxy) is 1. The SMILES string of the molecule is O=C(O)c1cc(-c2cc(Cl)ccc2N2CCOCC2)n[nH]1. The van der Waals surface area contributed by atoms with Gasteiger partial charge in [-0.05, 0) is 24.3 Å². The highest BCUT2D eigenvalue weighted by Crippen LogP contribution is 2.33. The van der Waals surface area contributed by atoms with E-state index in [2.05, 4.69) is 15.1 Å². The van der Waals surface area contributed by atoms with Gasteiger partial charge in [0.25, 0.3) is 0 Å². The summed E-state index contributed by atoms with van der Waals surface area (Å²) in [7, 11) is 0. The molecule has 7 heteroatoms. The van der Waals surface area contributed by atoms with Crippen LogP contribution in [0.2, 0.25) is 5.02 Å². The predicted octanol–water partition coefficient (Wildman–Crippen LogP) is 2.26. The summed E-state index contributed by atoms with van der Waals surface area (Å²) in [6.07, 6.45) is 0. The molecule has 0 spiro atoms. The number of aromatic carboxylic acids is 1. The van der Waals surface area contributed by atoms with Gasteiger partial charge in [0.1, 0.15) is 5.69 Å². The lowest BCUT2D eigenvalue weighted by molar-refractivity contribution is 0.0690. The monoisotopic (exact) mass is 307 g/mol. The Balaban J connectivity index is 2.02. The molecule has 0 aliphatic carbocycles. The van der Waals surface area contributed by atoms with Crippen molar-refractivity contribution in [3.63, 3.8) is 0 Å². The standard InChI is InChI=1S/C14H14ClN3O3/c15-9-1-2-13(18-3-5-21-6-4-18)10(7-9)11-8-12(14(19)20)17-16-11/h1-2,7-8H,3-6H2,(H,16,17)(H,19,20). The molecule has 1 aromatic heterocycles. The normalized spacial score (nSPS) is 15.2. The van der Waals surface area contributed by atoms with Gasteiger partial charge in [0.15, 0.2) is 0 Å². The van der Waals surface area contributed by atoms with Crippen LogP contribution in [0.5, 0.6) is 0 Å². The second-order valence-electron chi connectivity index (χ2n) is 4.73. The lowest BCUT2D eigenvalue weighted by atomic mass is 10.1. The van der Waals surface area contributed by atoms with Crippen LogP contribution in [0.3, 0.4) is 0 Å². The maximum absolute atomic E-state index is 11.0. The summed E-state index contributed by atoms with van der Waals surface area (Å²) < 4.78 is 5.36. The van der Waals surface area contributed by atoms with Crippen LogP contribution >= 0.6 is 11.6 Å². The third kappa shape index (κ3) is 2.86. The Labute approximate surface area is 126 Å². The lowest BCUT2D eigenvalue weighted by Gasteiger charge is -2.30. The minimum Gasteiger partial charge on any atom is -0.477 e. The smallest absolute Gasteiger partial charge is 0.353 e. The Bertz CT molecular complexity index is 665. The number of halogens is 1. The van der Waals surface area contributed by atoms with Gasteiger partial charge in [-0.1, -0.05) is 11.6 Å². The van der Waals surface area contributed by atoms with Crippen LogP contribution in [0.1, 0.15) is 10.5 Å². The number of carbonyl (C=O) groups is 1. The second kappa shape index (κ2) is 5.75. The highest BCUT2D eigenvalue weighted by molar-refractivity contribution is 6.31. The van der Waals surface area contributed by atoms with Crippen LogP contribution in [0.25, 0.3) is 11.3 Å². The Morgan fingerprint density at radius 1 is 1.33 bits per heavy atom. The van der Waals surface area contributed by atoms with Gasteiger partial charge in [-0.25, -0.2) is 4.79 Å². The fraction of sp³-hybridized carbons (Fsp3) is 0.286. The summed E-state index contributed by atoms with van der Waals surface area (Å²) >= 11 is 6.08. The van der Waals surface area contributed by atoms with E-state index in [4.69, 9.17) is 21.4 Å². The van der Waals surface area contributed by atoms with Crippen LogP contribution in [0.4, 0.5) is 5.69 Å². The summed E-state index contributed by atoms with van der Waals surface area (Å²) in [4.78, 5) is 13.2. The molecule has 0 radical (unpaired) electrons. The highest BCUT2D eigenvalue weighted by Gasteiger charge is 2.18. The molecule has 0 unspecified atom stereocenters. The lowest BCUT2D eigenvalue weighted by Crippen LogP contribution is -2.36. The van der Waals surface area contributed by atoms with E-state index in [1.165, 1.54) is 6.07 Å². The molecule has 2 aromatic rings. The number of aromatic nitrogens is 2. The number of hydrogen-bond acceptors (Lipinski definition) is 4. The third-order valence-corrected chi connectivity index (χ3v) is 3.63. The van der Waals surface area contributed by atoms with Crippen LogP contribution < -0.4 is 4.90 Å². The van der Waals surface area contributed by atoms with E-state index in [9.17, 15) is 4.79 Å². The van der Waals surface area contributed by atoms with Crippen LogP contribution in [-0.4, -0.2) is 47.6 Å². The first-order valence-corrected chi connectivity index (χ1v) is 6.94. The van der Waals surface area contributed by atoms with Gasteiger partial charge in [0.2, 0.25) is 0 Å². The number of aromatic amines is 1. The molecule has 0 bridgehead atoms. The number of H-pyrrole nitrogens is 1. The van der Waals surface area contributed by atoms with Crippen molar-refractivity contribution in [2.24, 2.45) is 0 Å². The van der Waals surface area contributed by atoms with E-state index in [-0.39, 0.29) is 5.69 Å². The number of morpholine rings is 1. The number of nitrogens with zero attached hydrogens (tertiary/aromatic N) is 2. The minimum atomic E-state index is -1.04. The maximum Gasteiger partial charge on any atom is 0.353 e. The van der Waals surface area contributed by atoms with Gasteiger partial charge in [-0.2, -0.15) is 5.10 Å². The van der Waals surface area contributed by atoms with Crippen molar-refractivity contribution < 1.29 is 14.6 Å². The Morgan fingerprint density at radius 3 is 2.76 bits per heavy atom. The second-order valence-corrected chi connectivity index (χ2v) is 5.17. The molecule has 1 aliphatic heterocycles.